The summed E-state index contributed by atoms with van der Waals surface area (Å²) in [6, 6.07) is 0. The van der Waals surface area contributed by atoms with Gasteiger partial charge in [-0.15, -0.1) is 0 Å². The minimum atomic E-state index is -2.28. The van der Waals surface area contributed by atoms with Gasteiger partial charge in [0.05, 0.1) is 12.0 Å². The van der Waals surface area contributed by atoms with Crippen LogP contribution in [0.5, 0.6) is 0 Å². The molecule has 0 spiro atoms. The molecule has 3 unspecified atom stereocenters. The second-order valence-corrected chi connectivity index (χ2v) is 10.5. The van der Waals surface area contributed by atoms with E-state index in [4.69, 9.17) is 8.85 Å². The van der Waals surface area contributed by atoms with Crippen LogP contribution in [0.2, 0.25) is 13.1 Å². The Morgan fingerprint density at radius 2 is 1.91 bits per heavy atom. The van der Waals surface area contributed by atoms with Crippen molar-refractivity contribution in [3.63, 3.8) is 0 Å². The Labute approximate surface area is 135 Å². The zero-order valence-electron chi connectivity index (χ0n) is 14.2. The number of fused-ring (bicyclic) bond motifs is 1. The van der Waals surface area contributed by atoms with Crippen molar-refractivity contribution in [2.45, 2.75) is 83.9 Å². The molecule has 3 atom stereocenters. The lowest BCUT2D eigenvalue weighted by molar-refractivity contribution is -0.156. The molecule has 2 fully saturated rings. The number of ketones is 1. The zero-order valence-corrected chi connectivity index (χ0v) is 15.2. The molecule has 1 saturated carbocycles. The van der Waals surface area contributed by atoms with Gasteiger partial charge in [0.2, 0.25) is 0 Å². The van der Waals surface area contributed by atoms with Crippen molar-refractivity contribution in [3.05, 3.63) is 0 Å². The molecule has 22 heavy (non-hydrogen) atoms. The van der Waals surface area contributed by atoms with E-state index in [1.165, 1.54) is 19.3 Å². The number of rotatable bonds is 7. The highest BCUT2D eigenvalue weighted by atomic mass is 28.4. The summed E-state index contributed by atoms with van der Waals surface area (Å²) >= 11 is 0. The monoisotopic (exact) mass is 326 g/mol. The summed E-state index contributed by atoms with van der Waals surface area (Å²) in [6.45, 7) is 6.02. The van der Waals surface area contributed by atoms with Crippen LogP contribution in [0.15, 0.2) is 0 Å². The number of carbonyl (C=O) groups excluding carboxylic acids is 2. The Hall–Kier alpha value is -0.683. The lowest BCUT2D eigenvalue weighted by Gasteiger charge is -2.42. The van der Waals surface area contributed by atoms with Gasteiger partial charge < -0.3 is 8.85 Å². The Morgan fingerprint density at radius 3 is 2.64 bits per heavy atom. The maximum atomic E-state index is 12.4. The number of hydrogen-bond donors (Lipinski definition) is 0. The maximum Gasteiger partial charge on any atom is 0.395 e. The van der Waals surface area contributed by atoms with Gasteiger partial charge in [-0.3, -0.25) is 9.59 Å². The molecule has 1 heterocycles. The highest BCUT2D eigenvalue weighted by molar-refractivity contribution is 6.66. The number of Topliss-reactive ketones (excluding diaryl/α,β-unsaturated/α-hetero) is 1. The topological polar surface area (TPSA) is 52.6 Å². The fraction of sp³-hybridized carbons (Fsp3) is 0.882. The van der Waals surface area contributed by atoms with Crippen LogP contribution in [0.4, 0.5) is 0 Å². The van der Waals surface area contributed by atoms with E-state index in [-0.39, 0.29) is 23.9 Å². The fourth-order valence-electron chi connectivity index (χ4n) is 3.64. The number of unbranched alkanes of at least 4 members (excludes halogenated alkanes) is 4. The minimum Gasteiger partial charge on any atom is -0.494 e. The van der Waals surface area contributed by atoms with Gasteiger partial charge in [0.25, 0.3) is 5.97 Å². The molecule has 2 rings (SSSR count). The van der Waals surface area contributed by atoms with Crippen molar-refractivity contribution in [2.24, 2.45) is 11.8 Å². The fourth-order valence-corrected chi connectivity index (χ4v) is 5.33. The average molecular weight is 327 g/mol. The quantitative estimate of drug-likeness (QED) is 0.524. The lowest BCUT2D eigenvalue weighted by Crippen LogP contribution is -2.54. The molecule has 2 aliphatic rings. The Bertz CT molecular complexity index is 407. The molecule has 0 bridgehead atoms. The summed E-state index contributed by atoms with van der Waals surface area (Å²) in [4.78, 5) is 24.5. The molecule has 0 aromatic rings. The molecular weight excluding hydrogens is 296 g/mol. The molecule has 0 N–H and O–H groups in total. The van der Waals surface area contributed by atoms with E-state index in [2.05, 4.69) is 6.92 Å². The first-order valence-electron chi connectivity index (χ1n) is 8.86. The third-order valence-electron chi connectivity index (χ3n) is 4.85. The van der Waals surface area contributed by atoms with Crippen LogP contribution in [0.25, 0.3) is 0 Å². The molecule has 5 heteroatoms. The van der Waals surface area contributed by atoms with Crippen LogP contribution < -0.4 is 0 Å². The van der Waals surface area contributed by atoms with Crippen LogP contribution >= 0.6 is 0 Å². The molecule has 0 radical (unpaired) electrons. The first-order chi connectivity index (χ1) is 10.4. The second kappa shape index (κ2) is 7.73. The number of carbonyl (C=O) groups is 2. The molecule has 0 aromatic carbocycles. The van der Waals surface area contributed by atoms with Gasteiger partial charge in [0.1, 0.15) is 5.78 Å². The highest BCUT2D eigenvalue weighted by Crippen LogP contribution is 2.38. The molecule has 126 valence electrons. The normalized spacial score (nSPS) is 30.5. The average Bonchev–Trinajstić information content (AvgIpc) is 2.45. The van der Waals surface area contributed by atoms with Gasteiger partial charge in [-0.25, -0.2) is 0 Å². The van der Waals surface area contributed by atoms with E-state index in [0.29, 0.717) is 18.6 Å². The SMILES string of the molecule is CCCCCCCC(=O)C1CCC2O[Si](C)(C)OC(=O)C2C1. The van der Waals surface area contributed by atoms with E-state index in [1.807, 2.05) is 13.1 Å². The van der Waals surface area contributed by atoms with Crippen molar-refractivity contribution in [3.8, 4) is 0 Å². The van der Waals surface area contributed by atoms with Crippen LogP contribution in [0.1, 0.15) is 64.7 Å². The largest absolute Gasteiger partial charge is 0.494 e. The highest BCUT2D eigenvalue weighted by Gasteiger charge is 2.48. The minimum absolute atomic E-state index is 0.0171. The van der Waals surface area contributed by atoms with Gasteiger partial charge in [0, 0.05) is 12.3 Å². The summed E-state index contributed by atoms with van der Waals surface area (Å²) in [5, 5.41) is 0. The van der Waals surface area contributed by atoms with E-state index in [0.717, 1.165) is 25.7 Å². The Kier molecular flexibility index (Phi) is 6.21. The summed E-state index contributed by atoms with van der Waals surface area (Å²) in [5.41, 5.74) is 0. The first kappa shape index (κ1) is 17.7. The Balaban J connectivity index is 1.79. The summed E-state index contributed by atoms with van der Waals surface area (Å²) in [7, 11) is -2.28. The summed E-state index contributed by atoms with van der Waals surface area (Å²) in [6.07, 6.45) is 8.80. The van der Waals surface area contributed by atoms with Crippen LogP contribution in [-0.2, 0) is 18.4 Å². The third-order valence-corrected chi connectivity index (χ3v) is 6.42. The molecular formula is C17H30O4Si. The van der Waals surface area contributed by atoms with Crippen molar-refractivity contribution in [1.29, 1.82) is 0 Å². The Morgan fingerprint density at radius 1 is 1.18 bits per heavy atom. The molecule has 0 aromatic heterocycles. The molecule has 1 aliphatic heterocycles. The molecule has 1 aliphatic carbocycles. The zero-order chi connectivity index (χ0) is 16.2. The molecule has 1 saturated heterocycles. The van der Waals surface area contributed by atoms with Gasteiger partial charge in [-0.2, -0.15) is 0 Å². The maximum absolute atomic E-state index is 12.4. The summed E-state index contributed by atoms with van der Waals surface area (Å²) < 4.78 is 11.4. The van der Waals surface area contributed by atoms with Gasteiger partial charge in [-0.1, -0.05) is 32.6 Å². The van der Waals surface area contributed by atoms with E-state index in [9.17, 15) is 9.59 Å². The van der Waals surface area contributed by atoms with E-state index >= 15 is 0 Å². The molecule has 0 amide bonds. The van der Waals surface area contributed by atoms with Crippen LogP contribution in [0.3, 0.4) is 0 Å². The van der Waals surface area contributed by atoms with Gasteiger partial charge in [-0.05, 0) is 38.8 Å². The number of hydrogen-bond acceptors (Lipinski definition) is 4. The lowest BCUT2D eigenvalue weighted by atomic mass is 9.76. The van der Waals surface area contributed by atoms with Crippen molar-refractivity contribution >= 4 is 20.3 Å². The van der Waals surface area contributed by atoms with E-state index in [1.54, 1.807) is 0 Å². The third kappa shape index (κ3) is 4.65. The standard InChI is InChI=1S/C17H30O4Si/c1-4-5-6-7-8-9-15(18)13-10-11-16-14(12-13)17(19)21-22(2,3)20-16/h13-14,16H,4-12H2,1-3H3. The predicted octanol–water partition coefficient (Wildman–Crippen LogP) is 3.98. The van der Waals surface area contributed by atoms with Gasteiger partial charge in [0.15, 0.2) is 0 Å². The van der Waals surface area contributed by atoms with E-state index < -0.39 is 8.56 Å². The predicted molar refractivity (Wildman–Crippen MR) is 87.7 cm³/mol. The summed E-state index contributed by atoms with van der Waals surface area (Å²) in [5.74, 6) is 0.0213. The molecule has 4 nitrogen and oxygen atoms in total. The van der Waals surface area contributed by atoms with Gasteiger partial charge >= 0.3 is 8.56 Å². The van der Waals surface area contributed by atoms with Crippen molar-refractivity contribution in [2.75, 3.05) is 0 Å². The second-order valence-electron chi connectivity index (χ2n) is 7.22. The van der Waals surface area contributed by atoms with Crippen molar-refractivity contribution in [1.82, 2.24) is 0 Å². The van der Waals surface area contributed by atoms with Crippen molar-refractivity contribution < 1.29 is 18.4 Å². The smallest absolute Gasteiger partial charge is 0.395 e. The van der Waals surface area contributed by atoms with Crippen LogP contribution in [0, 0.1) is 11.8 Å². The van der Waals surface area contributed by atoms with Crippen LogP contribution in [-0.4, -0.2) is 26.4 Å². The first-order valence-corrected chi connectivity index (χ1v) is 11.7.